The van der Waals surface area contributed by atoms with Crippen molar-refractivity contribution in [3.63, 3.8) is 0 Å². The van der Waals surface area contributed by atoms with Crippen molar-refractivity contribution < 1.29 is 28.5 Å². The molecule has 3 fully saturated rings. The molecule has 2 unspecified atom stereocenters. The van der Waals surface area contributed by atoms with Crippen molar-refractivity contribution in [2.24, 2.45) is 0 Å². The number of rotatable bonds is 7. The predicted molar refractivity (Wildman–Crippen MR) is 127 cm³/mol. The number of ether oxygens (including phenoxy) is 4. The molecule has 1 aromatic carbocycles. The molecule has 0 aromatic heterocycles. The Balaban J connectivity index is 1.46. The van der Waals surface area contributed by atoms with E-state index in [4.69, 9.17) is 30.5 Å². The normalized spacial score (nSPS) is 25.8. The van der Waals surface area contributed by atoms with Gasteiger partial charge in [0, 0.05) is 31.3 Å². The summed E-state index contributed by atoms with van der Waals surface area (Å²) in [7, 11) is 0. The van der Waals surface area contributed by atoms with Gasteiger partial charge in [-0.2, -0.15) is 0 Å². The summed E-state index contributed by atoms with van der Waals surface area (Å²) >= 11 is 6.15. The van der Waals surface area contributed by atoms with Crippen LogP contribution in [-0.4, -0.2) is 92.5 Å². The first kappa shape index (κ1) is 25.2. The Morgan fingerprint density at radius 1 is 1.09 bits per heavy atom. The zero-order chi connectivity index (χ0) is 24.0. The van der Waals surface area contributed by atoms with Gasteiger partial charge in [-0.1, -0.05) is 11.6 Å². The predicted octanol–water partition coefficient (Wildman–Crippen LogP) is 2.83. The average molecular weight is 495 g/mol. The van der Waals surface area contributed by atoms with E-state index < -0.39 is 5.60 Å². The lowest BCUT2D eigenvalue weighted by molar-refractivity contribution is -0.168. The highest BCUT2D eigenvalue weighted by molar-refractivity contribution is 6.31. The van der Waals surface area contributed by atoms with Gasteiger partial charge in [-0.05, 0) is 49.9 Å². The molecule has 34 heavy (non-hydrogen) atoms. The third-order valence-electron chi connectivity index (χ3n) is 6.75. The summed E-state index contributed by atoms with van der Waals surface area (Å²) in [5, 5.41) is 0.667. The van der Waals surface area contributed by atoms with Gasteiger partial charge in [0.2, 0.25) is 11.8 Å². The highest BCUT2D eigenvalue weighted by atomic mass is 35.5. The van der Waals surface area contributed by atoms with Crippen LogP contribution in [0.5, 0.6) is 5.75 Å². The third kappa shape index (κ3) is 6.62. The lowest BCUT2D eigenvalue weighted by Gasteiger charge is -2.43. The van der Waals surface area contributed by atoms with Crippen LogP contribution in [0.2, 0.25) is 5.02 Å². The Kier molecular flexibility index (Phi) is 8.69. The summed E-state index contributed by atoms with van der Waals surface area (Å²) in [6.45, 7) is 6.15. The fourth-order valence-corrected chi connectivity index (χ4v) is 4.83. The monoisotopic (exact) mass is 494 g/mol. The van der Waals surface area contributed by atoms with E-state index in [-0.39, 0.29) is 30.9 Å². The third-order valence-corrected chi connectivity index (χ3v) is 7.17. The van der Waals surface area contributed by atoms with Crippen molar-refractivity contribution in [2.45, 2.75) is 50.7 Å². The van der Waals surface area contributed by atoms with E-state index in [1.165, 1.54) is 0 Å². The Bertz CT molecular complexity index is 856. The number of amides is 2. The number of hydrogen-bond acceptors (Lipinski definition) is 6. The average Bonchev–Trinajstić information content (AvgIpc) is 2.86. The topological polar surface area (TPSA) is 77.5 Å². The van der Waals surface area contributed by atoms with Crippen molar-refractivity contribution in [2.75, 3.05) is 59.2 Å². The Hall–Kier alpha value is -1.87. The molecule has 3 aliphatic heterocycles. The van der Waals surface area contributed by atoms with E-state index in [1.54, 1.807) is 17.0 Å². The molecule has 2 atom stereocenters. The summed E-state index contributed by atoms with van der Waals surface area (Å²) in [4.78, 5) is 29.9. The highest BCUT2D eigenvalue weighted by Crippen LogP contribution is 2.28. The number of carbonyl (C=O) groups excluding carboxylic acids is 2. The number of morpholine rings is 2. The molecule has 0 aliphatic carbocycles. The quantitative estimate of drug-likeness (QED) is 0.580. The maximum absolute atomic E-state index is 13.2. The van der Waals surface area contributed by atoms with Gasteiger partial charge in [-0.25, -0.2) is 0 Å². The zero-order valence-electron chi connectivity index (χ0n) is 19.9. The number of hydrogen-bond donors (Lipinski definition) is 0. The van der Waals surface area contributed by atoms with Gasteiger partial charge < -0.3 is 28.7 Å². The summed E-state index contributed by atoms with van der Waals surface area (Å²) in [5.41, 5.74) is -0.0176. The molecular weight excluding hydrogens is 460 g/mol. The van der Waals surface area contributed by atoms with Gasteiger partial charge in [-0.3, -0.25) is 9.59 Å². The number of benzene rings is 1. The lowest BCUT2D eigenvalue weighted by atomic mass is 9.96. The van der Waals surface area contributed by atoms with Gasteiger partial charge in [-0.15, -0.1) is 0 Å². The molecule has 9 heteroatoms. The minimum absolute atomic E-state index is 0.0101. The number of halogens is 1. The zero-order valence-corrected chi connectivity index (χ0v) is 20.7. The second-order valence-corrected chi connectivity index (χ2v) is 9.82. The Morgan fingerprint density at radius 2 is 1.88 bits per heavy atom. The van der Waals surface area contributed by atoms with Gasteiger partial charge in [0.05, 0.1) is 45.3 Å². The summed E-state index contributed by atoms with van der Waals surface area (Å²) in [5.74, 6) is 0.688. The fourth-order valence-electron chi connectivity index (χ4n) is 4.72. The first-order chi connectivity index (χ1) is 16.4. The smallest absolute Gasteiger partial charge is 0.225 e. The molecule has 0 saturated carbocycles. The molecule has 188 valence electrons. The Morgan fingerprint density at radius 3 is 2.62 bits per heavy atom. The molecule has 0 bridgehead atoms. The van der Waals surface area contributed by atoms with Crippen molar-refractivity contribution in [1.29, 1.82) is 0 Å². The van der Waals surface area contributed by atoms with E-state index in [2.05, 4.69) is 0 Å². The van der Waals surface area contributed by atoms with E-state index in [0.29, 0.717) is 69.8 Å². The van der Waals surface area contributed by atoms with Crippen LogP contribution in [0.25, 0.3) is 0 Å². The molecule has 4 rings (SSSR count). The second-order valence-electron chi connectivity index (χ2n) is 9.41. The van der Waals surface area contributed by atoms with E-state index >= 15 is 0 Å². The van der Waals surface area contributed by atoms with Gasteiger partial charge in [0.1, 0.15) is 18.0 Å². The molecule has 1 aromatic rings. The lowest BCUT2D eigenvalue weighted by Crippen LogP contribution is -2.59. The van der Waals surface area contributed by atoms with Crippen LogP contribution in [0, 0.1) is 6.92 Å². The summed E-state index contributed by atoms with van der Waals surface area (Å²) < 4.78 is 23.5. The first-order valence-electron chi connectivity index (χ1n) is 12.2. The first-order valence-corrected chi connectivity index (χ1v) is 12.6. The molecule has 3 heterocycles. The van der Waals surface area contributed by atoms with Crippen molar-refractivity contribution in [3.8, 4) is 5.75 Å². The summed E-state index contributed by atoms with van der Waals surface area (Å²) in [6.07, 6.45) is 3.54. The van der Waals surface area contributed by atoms with Gasteiger partial charge in [0.25, 0.3) is 0 Å². The SMILES string of the molecule is Cc1cc(OCC2(CC(=O)N3CCOCC3)CN(C(=O)CC3CCCCO3)CCO2)ccc1Cl. The Labute approximate surface area is 206 Å². The van der Waals surface area contributed by atoms with E-state index in [9.17, 15) is 9.59 Å². The maximum atomic E-state index is 13.2. The van der Waals surface area contributed by atoms with Crippen molar-refractivity contribution in [3.05, 3.63) is 28.8 Å². The highest BCUT2D eigenvalue weighted by Gasteiger charge is 2.42. The van der Waals surface area contributed by atoms with Crippen LogP contribution < -0.4 is 4.74 Å². The van der Waals surface area contributed by atoms with E-state index in [0.717, 1.165) is 24.8 Å². The fraction of sp³-hybridized carbons (Fsp3) is 0.680. The second kappa shape index (κ2) is 11.7. The minimum atomic E-state index is -0.926. The van der Waals surface area contributed by atoms with Crippen LogP contribution in [0.4, 0.5) is 0 Å². The van der Waals surface area contributed by atoms with Crippen LogP contribution in [0.1, 0.15) is 37.7 Å². The van der Waals surface area contributed by atoms with Crippen molar-refractivity contribution in [1.82, 2.24) is 9.80 Å². The van der Waals surface area contributed by atoms with Crippen molar-refractivity contribution >= 4 is 23.4 Å². The molecule has 0 spiro atoms. The van der Waals surface area contributed by atoms with Crippen LogP contribution in [0.3, 0.4) is 0 Å². The molecule has 8 nitrogen and oxygen atoms in total. The number of aryl methyl sites for hydroxylation is 1. The van der Waals surface area contributed by atoms with Crippen LogP contribution in [-0.2, 0) is 23.8 Å². The molecule has 2 amide bonds. The van der Waals surface area contributed by atoms with Crippen LogP contribution in [0.15, 0.2) is 18.2 Å². The molecule has 0 radical (unpaired) electrons. The molecular formula is C25H35ClN2O6. The molecule has 3 aliphatic rings. The molecule has 0 N–H and O–H groups in total. The number of nitrogens with zero attached hydrogens (tertiary/aromatic N) is 2. The standard InChI is InChI=1S/C25H35ClN2O6/c1-19-14-21(5-6-22(19)26)33-18-25(16-24(30)27-7-11-31-12-8-27)17-28(9-13-34-25)23(29)15-20-4-2-3-10-32-20/h5-6,14,20H,2-4,7-13,15-18H2,1H3. The van der Waals surface area contributed by atoms with Crippen LogP contribution >= 0.6 is 11.6 Å². The maximum Gasteiger partial charge on any atom is 0.225 e. The summed E-state index contributed by atoms with van der Waals surface area (Å²) in [6, 6.07) is 5.46. The van der Waals surface area contributed by atoms with Gasteiger partial charge in [0.15, 0.2) is 0 Å². The largest absolute Gasteiger partial charge is 0.490 e. The van der Waals surface area contributed by atoms with Gasteiger partial charge >= 0.3 is 0 Å². The minimum Gasteiger partial charge on any atom is -0.490 e. The number of carbonyl (C=O) groups is 2. The van der Waals surface area contributed by atoms with E-state index in [1.807, 2.05) is 17.9 Å². The molecule has 3 saturated heterocycles.